The quantitative estimate of drug-likeness (QED) is 0.164. The maximum absolute atomic E-state index is 13.7. The van der Waals surface area contributed by atoms with Crippen LogP contribution in [0.25, 0.3) is 0 Å². The Morgan fingerprint density at radius 3 is 2.23 bits per heavy atom. The number of nitrogens with one attached hydrogen (secondary N) is 1. The third-order valence-corrected chi connectivity index (χ3v) is 7.89. The number of anilines is 2. The number of benzene rings is 4. The second kappa shape index (κ2) is 12.9. The first kappa shape index (κ1) is 28.9. The zero-order valence-electron chi connectivity index (χ0n) is 21.2. The largest absolute Gasteiger partial charge is 0.469 e. The second-order valence-corrected chi connectivity index (χ2v) is 11.0. The van der Waals surface area contributed by atoms with E-state index in [0.717, 1.165) is 10.0 Å². The van der Waals surface area contributed by atoms with Gasteiger partial charge in [0.05, 0.1) is 22.7 Å². The van der Waals surface area contributed by atoms with Crippen LogP contribution in [-0.4, -0.2) is 27.4 Å². The third-order valence-electron chi connectivity index (χ3n) is 5.77. The van der Waals surface area contributed by atoms with Gasteiger partial charge < -0.3 is 14.9 Å². The average Bonchev–Trinajstić information content (AvgIpc) is 2.96. The van der Waals surface area contributed by atoms with Crippen molar-refractivity contribution in [3.8, 4) is 5.75 Å². The van der Waals surface area contributed by atoms with Gasteiger partial charge in [0.1, 0.15) is 0 Å². The number of hydrogen-bond acceptors (Lipinski definition) is 6. The highest BCUT2D eigenvalue weighted by molar-refractivity contribution is 7.92. The molecule has 0 aromatic heterocycles. The van der Waals surface area contributed by atoms with E-state index in [2.05, 4.69) is 10.1 Å². The SMILES string of the molecule is COC(=O)CCc1ccccc1NC(=O)c1ccc(S(=O)(=O)N(Oc2ccc(Cl)cc2Cl)c2ccccc2)cc1. The highest BCUT2D eigenvalue weighted by Gasteiger charge is 2.28. The number of carbonyl (C=O) groups excluding carboxylic acids is 2. The third kappa shape index (κ3) is 6.93. The number of amides is 1. The number of halogens is 2. The normalized spacial score (nSPS) is 11.0. The fourth-order valence-electron chi connectivity index (χ4n) is 3.70. The van der Waals surface area contributed by atoms with E-state index in [1.807, 2.05) is 0 Å². The summed E-state index contributed by atoms with van der Waals surface area (Å²) in [6.45, 7) is 0. The molecule has 8 nitrogen and oxygen atoms in total. The molecule has 0 fully saturated rings. The summed E-state index contributed by atoms with van der Waals surface area (Å²) < 4.78 is 32.8. The van der Waals surface area contributed by atoms with Crippen LogP contribution in [0.5, 0.6) is 5.75 Å². The molecule has 0 aliphatic heterocycles. The summed E-state index contributed by atoms with van der Waals surface area (Å²) in [5.74, 6) is -0.719. The van der Waals surface area contributed by atoms with Crippen LogP contribution < -0.4 is 14.6 Å². The Balaban J connectivity index is 1.57. The maximum Gasteiger partial charge on any atom is 0.305 e. The molecular formula is C29H24Cl2N2O6S. The molecule has 11 heteroatoms. The van der Waals surface area contributed by atoms with Gasteiger partial charge in [0.2, 0.25) is 0 Å². The van der Waals surface area contributed by atoms with E-state index in [9.17, 15) is 18.0 Å². The predicted octanol–water partition coefficient (Wildman–Crippen LogP) is 6.54. The number of esters is 1. The van der Waals surface area contributed by atoms with Crippen molar-refractivity contribution < 1.29 is 27.6 Å². The molecular weight excluding hydrogens is 575 g/mol. The van der Waals surface area contributed by atoms with Gasteiger partial charge in [-0.25, -0.2) is 0 Å². The van der Waals surface area contributed by atoms with Crippen molar-refractivity contribution in [1.29, 1.82) is 0 Å². The minimum absolute atomic E-state index is 0.0837. The molecule has 0 atom stereocenters. The summed E-state index contributed by atoms with van der Waals surface area (Å²) in [7, 11) is -2.94. The fourth-order valence-corrected chi connectivity index (χ4v) is 5.39. The molecule has 1 amide bonds. The monoisotopic (exact) mass is 598 g/mol. The number of methoxy groups -OCH3 is 1. The minimum Gasteiger partial charge on any atom is -0.469 e. The van der Waals surface area contributed by atoms with Gasteiger partial charge in [-0.15, -0.1) is 0 Å². The zero-order chi connectivity index (χ0) is 28.7. The summed E-state index contributed by atoms with van der Waals surface area (Å²) in [6.07, 6.45) is 0.546. The lowest BCUT2D eigenvalue weighted by Crippen LogP contribution is -2.34. The molecule has 0 saturated carbocycles. The van der Waals surface area contributed by atoms with E-state index in [-0.39, 0.29) is 39.3 Å². The van der Waals surface area contributed by atoms with Crippen LogP contribution in [0.15, 0.2) is 102 Å². The van der Waals surface area contributed by atoms with Crippen LogP contribution in [0.1, 0.15) is 22.3 Å². The van der Waals surface area contributed by atoms with Crippen LogP contribution in [0.3, 0.4) is 0 Å². The van der Waals surface area contributed by atoms with Gasteiger partial charge in [-0.3, -0.25) is 9.59 Å². The lowest BCUT2D eigenvalue weighted by atomic mass is 10.1. The number of para-hydroxylation sites is 2. The number of carbonyl (C=O) groups is 2. The Kier molecular flexibility index (Phi) is 9.31. The van der Waals surface area contributed by atoms with E-state index in [0.29, 0.717) is 17.1 Å². The summed E-state index contributed by atoms with van der Waals surface area (Å²) in [5.41, 5.74) is 1.77. The molecule has 0 spiro atoms. The van der Waals surface area contributed by atoms with Crippen LogP contribution in [0, 0.1) is 0 Å². The molecule has 4 rings (SSSR count). The fraction of sp³-hybridized carbons (Fsp3) is 0.103. The van der Waals surface area contributed by atoms with Gasteiger partial charge in [0.25, 0.3) is 15.9 Å². The standard InChI is InChI=1S/C29H24Cl2N2O6S/c1-38-28(34)18-13-20-7-5-6-10-26(20)32-29(35)21-11-15-24(16-12-21)40(36,37)33(23-8-3-2-4-9-23)39-27-17-14-22(30)19-25(27)31/h2-12,14-17,19H,13,18H2,1H3,(H,32,35). The first-order chi connectivity index (χ1) is 19.2. The number of aryl methyl sites for hydroxylation is 1. The Morgan fingerprint density at radius 2 is 1.55 bits per heavy atom. The molecule has 0 heterocycles. The van der Waals surface area contributed by atoms with Crippen molar-refractivity contribution in [3.05, 3.63) is 118 Å². The topological polar surface area (TPSA) is 102 Å². The van der Waals surface area contributed by atoms with Crippen molar-refractivity contribution in [2.24, 2.45) is 0 Å². The van der Waals surface area contributed by atoms with Gasteiger partial charge in [-0.1, -0.05) is 64.1 Å². The molecule has 0 radical (unpaired) electrons. The van der Waals surface area contributed by atoms with Crippen LogP contribution in [-0.2, 0) is 26.0 Å². The van der Waals surface area contributed by atoms with Crippen molar-refractivity contribution in [2.45, 2.75) is 17.7 Å². The second-order valence-electron chi connectivity index (χ2n) is 8.45. The van der Waals surface area contributed by atoms with Crippen LogP contribution in [0.4, 0.5) is 11.4 Å². The van der Waals surface area contributed by atoms with Gasteiger partial charge in [0.15, 0.2) is 5.75 Å². The summed E-state index contributed by atoms with van der Waals surface area (Å²) in [4.78, 5) is 30.2. The molecule has 206 valence electrons. The number of nitrogens with zero attached hydrogens (tertiary/aromatic N) is 1. The Bertz CT molecular complexity index is 1610. The molecule has 1 N–H and O–H groups in total. The van der Waals surface area contributed by atoms with E-state index in [1.54, 1.807) is 54.6 Å². The average molecular weight is 599 g/mol. The van der Waals surface area contributed by atoms with E-state index < -0.39 is 15.9 Å². The first-order valence-corrected chi connectivity index (χ1v) is 14.2. The highest BCUT2D eigenvalue weighted by Crippen LogP contribution is 2.32. The molecule has 4 aromatic rings. The van der Waals surface area contributed by atoms with Crippen molar-refractivity contribution in [1.82, 2.24) is 0 Å². The van der Waals surface area contributed by atoms with Crippen molar-refractivity contribution >= 4 is 56.5 Å². The Labute approximate surface area is 242 Å². The van der Waals surface area contributed by atoms with Crippen LogP contribution in [0.2, 0.25) is 10.0 Å². The number of sulfonamides is 1. The predicted molar refractivity (Wildman–Crippen MR) is 154 cm³/mol. The Morgan fingerprint density at radius 1 is 0.875 bits per heavy atom. The van der Waals surface area contributed by atoms with Gasteiger partial charge in [-0.2, -0.15) is 8.42 Å². The highest BCUT2D eigenvalue weighted by atomic mass is 35.5. The van der Waals surface area contributed by atoms with Gasteiger partial charge in [0, 0.05) is 22.7 Å². The lowest BCUT2D eigenvalue weighted by molar-refractivity contribution is -0.140. The molecule has 0 aliphatic rings. The first-order valence-electron chi connectivity index (χ1n) is 12.0. The van der Waals surface area contributed by atoms with Gasteiger partial charge in [-0.05, 0) is 72.6 Å². The Hall–Kier alpha value is -4.05. The summed E-state index contributed by atoms with van der Waals surface area (Å²) >= 11 is 12.2. The number of hydrogen-bond donors (Lipinski definition) is 1. The summed E-state index contributed by atoms with van der Waals surface area (Å²) in [6, 6.07) is 25.2. The van der Waals surface area contributed by atoms with Crippen LogP contribution >= 0.6 is 23.2 Å². The van der Waals surface area contributed by atoms with E-state index in [1.165, 1.54) is 49.6 Å². The van der Waals surface area contributed by atoms with Gasteiger partial charge >= 0.3 is 5.97 Å². The molecule has 0 saturated heterocycles. The summed E-state index contributed by atoms with van der Waals surface area (Å²) in [5, 5.41) is 3.31. The van der Waals surface area contributed by atoms with Crippen molar-refractivity contribution in [2.75, 3.05) is 16.9 Å². The smallest absolute Gasteiger partial charge is 0.305 e. The lowest BCUT2D eigenvalue weighted by Gasteiger charge is -2.24. The number of rotatable bonds is 10. The molecule has 0 bridgehead atoms. The van der Waals surface area contributed by atoms with E-state index >= 15 is 0 Å². The van der Waals surface area contributed by atoms with Crippen molar-refractivity contribution in [3.63, 3.8) is 0 Å². The molecule has 4 aromatic carbocycles. The molecule has 40 heavy (non-hydrogen) atoms. The molecule has 0 aliphatic carbocycles. The maximum atomic E-state index is 13.7. The molecule has 0 unspecified atom stereocenters. The minimum atomic E-state index is -4.26. The zero-order valence-corrected chi connectivity index (χ0v) is 23.5. The van der Waals surface area contributed by atoms with E-state index in [4.69, 9.17) is 28.0 Å². The number of ether oxygens (including phenoxy) is 1.